The fraction of sp³-hybridized carbons (Fsp3) is 0.615. The second-order valence-corrected chi connectivity index (χ2v) is 10.7. The molecule has 3 heterocycles. The Hall–Kier alpha value is -2.26. The van der Waals surface area contributed by atoms with Gasteiger partial charge >= 0.3 is 6.18 Å². The molecule has 1 N–H and O–H groups in total. The van der Waals surface area contributed by atoms with Crippen LogP contribution < -0.4 is 10.1 Å². The number of ether oxygens (including phenoxy) is 2. The predicted molar refractivity (Wildman–Crippen MR) is 137 cm³/mol. The molecule has 0 bridgehead atoms. The van der Waals surface area contributed by atoms with Crippen LogP contribution in [0.2, 0.25) is 0 Å². The van der Waals surface area contributed by atoms with Crippen LogP contribution in [-0.4, -0.2) is 75.6 Å². The number of halogens is 3. The lowest BCUT2D eigenvalue weighted by Gasteiger charge is -2.45. The van der Waals surface area contributed by atoms with Crippen molar-refractivity contribution in [1.29, 1.82) is 0 Å². The average Bonchev–Trinajstić information content (AvgIpc) is 3.43. The van der Waals surface area contributed by atoms with Crippen molar-refractivity contribution in [2.24, 2.45) is 17.8 Å². The lowest BCUT2D eigenvalue weighted by Crippen LogP contribution is -2.56. The zero-order chi connectivity index (χ0) is 26.4. The molecule has 194 valence electrons. The van der Waals surface area contributed by atoms with Crippen LogP contribution in [0.15, 0.2) is 24.3 Å². The molecule has 4 radical (unpaired) electrons. The van der Waals surface area contributed by atoms with Crippen molar-refractivity contribution in [1.82, 2.24) is 15.1 Å². The quantitative estimate of drug-likeness (QED) is 0.593. The van der Waals surface area contributed by atoms with E-state index in [1.807, 2.05) is 0 Å². The Morgan fingerprint density at radius 2 is 1.73 bits per heavy atom. The third-order valence-corrected chi connectivity index (χ3v) is 8.32. The molecule has 2 aliphatic heterocycles. The number of methoxy groups -OCH3 is 1. The topological polar surface area (TPSA) is 59.5 Å². The van der Waals surface area contributed by atoms with E-state index in [9.17, 15) is 13.2 Å². The number of fused-ring (bicyclic) bond motifs is 1. The Labute approximate surface area is 218 Å². The van der Waals surface area contributed by atoms with Gasteiger partial charge in [0.2, 0.25) is 0 Å². The number of anilines is 1. The molecule has 1 unspecified atom stereocenters. The second kappa shape index (κ2) is 10.1. The smallest absolute Gasteiger partial charge is 0.420 e. The number of nitrogens with zero attached hydrogens (tertiary/aromatic N) is 3. The fourth-order valence-electron chi connectivity index (χ4n) is 6.24. The van der Waals surface area contributed by atoms with Crippen molar-refractivity contribution >= 4 is 21.5 Å². The molecule has 2 saturated heterocycles. The lowest BCUT2D eigenvalue weighted by atomic mass is 9.52. The molecule has 6 nitrogen and oxygen atoms in total. The van der Waals surface area contributed by atoms with E-state index in [-0.39, 0.29) is 23.5 Å². The first-order chi connectivity index (χ1) is 17.6. The summed E-state index contributed by atoms with van der Waals surface area (Å²) in [4.78, 5) is 2.17. The van der Waals surface area contributed by atoms with Gasteiger partial charge in [0.15, 0.2) is 5.82 Å². The predicted octanol–water partition coefficient (Wildman–Crippen LogP) is 4.02. The number of aryl methyl sites for hydroxylation is 1. The summed E-state index contributed by atoms with van der Waals surface area (Å²) in [7, 11) is 14.7. The second-order valence-electron chi connectivity index (χ2n) is 10.7. The average molecular weight is 510 g/mol. The number of hydrogen-bond donors (Lipinski definition) is 1. The van der Waals surface area contributed by atoms with Gasteiger partial charge in [0.25, 0.3) is 0 Å². The Morgan fingerprint density at radius 1 is 1.05 bits per heavy atom. The van der Waals surface area contributed by atoms with Crippen molar-refractivity contribution < 1.29 is 22.6 Å². The lowest BCUT2D eigenvalue weighted by molar-refractivity contribution is -0.137. The van der Waals surface area contributed by atoms with Crippen molar-refractivity contribution in [3.8, 4) is 17.0 Å². The monoisotopic (exact) mass is 510 g/mol. The van der Waals surface area contributed by atoms with Crippen LogP contribution >= 0.6 is 0 Å². The molecule has 11 heteroatoms. The van der Waals surface area contributed by atoms with E-state index in [4.69, 9.17) is 25.2 Å². The summed E-state index contributed by atoms with van der Waals surface area (Å²) in [6, 6.07) is 6.12. The van der Waals surface area contributed by atoms with Gasteiger partial charge in [-0.15, -0.1) is 10.2 Å². The zero-order valence-electron chi connectivity index (χ0n) is 21.2. The van der Waals surface area contributed by atoms with Gasteiger partial charge in [-0.2, -0.15) is 13.2 Å². The Balaban J connectivity index is 1.28. The molecule has 2 aromatic rings. The van der Waals surface area contributed by atoms with E-state index in [1.165, 1.54) is 0 Å². The van der Waals surface area contributed by atoms with Gasteiger partial charge in [-0.1, -0.05) is 5.34 Å². The minimum Gasteiger partial charge on any atom is -0.497 e. The maximum atomic E-state index is 14.1. The highest BCUT2D eigenvalue weighted by molar-refractivity contribution is 6.40. The van der Waals surface area contributed by atoms with Gasteiger partial charge in [0.1, 0.15) is 11.3 Å². The van der Waals surface area contributed by atoms with Gasteiger partial charge in [0, 0.05) is 37.9 Å². The largest absolute Gasteiger partial charge is 0.497 e. The molecule has 3 fully saturated rings. The molecule has 0 amide bonds. The standard InChI is InChI=1S/C26H31B2F3N4O2/c1-15-9-20(36-2)3-4-21(15)23-12-22(26(29,30)31)24(34-33-23)32-19-10-16-13-35(14-17(16)11-19)25(27,28)18-5-7-37-8-6-18/h3-4,9,12,16-19H,5-8,10-11,13-14H2,1-2H3,(H,32,34)/t16-,17+,19?. The minimum absolute atomic E-state index is 0.117. The van der Waals surface area contributed by atoms with E-state index < -0.39 is 17.1 Å². The van der Waals surface area contributed by atoms with Gasteiger partial charge < -0.3 is 19.7 Å². The highest BCUT2D eigenvalue weighted by atomic mass is 19.4. The minimum atomic E-state index is -4.57. The number of hydrogen-bond acceptors (Lipinski definition) is 6. The van der Waals surface area contributed by atoms with Gasteiger partial charge in [0.05, 0.1) is 28.5 Å². The van der Waals surface area contributed by atoms with E-state index >= 15 is 0 Å². The molecule has 3 atom stereocenters. The van der Waals surface area contributed by atoms with Crippen LogP contribution in [-0.2, 0) is 10.9 Å². The van der Waals surface area contributed by atoms with Gasteiger partial charge in [-0.05, 0) is 80.2 Å². The number of nitrogens with one attached hydrogen (secondary N) is 1. The number of aromatic nitrogens is 2. The maximum Gasteiger partial charge on any atom is 0.420 e. The first-order valence-electron chi connectivity index (χ1n) is 12.8. The normalized spacial score (nSPS) is 25.3. The Morgan fingerprint density at radius 3 is 2.32 bits per heavy atom. The molecule has 1 saturated carbocycles. The third-order valence-electron chi connectivity index (χ3n) is 8.32. The summed E-state index contributed by atoms with van der Waals surface area (Å²) in [6.45, 7) is 4.65. The first-order valence-corrected chi connectivity index (χ1v) is 12.8. The molecule has 5 rings (SSSR count). The van der Waals surface area contributed by atoms with Crippen molar-refractivity contribution in [3.05, 3.63) is 35.4 Å². The van der Waals surface area contributed by atoms with E-state index in [1.54, 1.807) is 32.2 Å². The zero-order valence-corrected chi connectivity index (χ0v) is 21.2. The molecule has 1 aromatic carbocycles. The molecule has 3 aliphatic rings. The van der Waals surface area contributed by atoms with Crippen LogP contribution in [0, 0.1) is 24.7 Å². The number of rotatable bonds is 6. The summed E-state index contributed by atoms with van der Waals surface area (Å²) in [5.41, 5.74) is 0.700. The highest BCUT2D eigenvalue weighted by Crippen LogP contribution is 2.44. The van der Waals surface area contributed by atoms with Crippen LogP contribution in [0.4, 0.5) is 19.0 Å². The molecule has 37 heavy (non-hydrogen) atoms. The molecule has 0 spiro atoms. The number of benzene rings is 1. The molecular formula is C26H31B2F3N4O2. The van der Waals surface area contributed by atoms with Crippen molar-refractivity contribution in [3.63, 3.8) is 0 Å². The molecule has 1 aromatic heterocycles. The third kappa shape index (κ3) is 5.35. The van der Waals surface area contributed by atoms with E-state index in [0.717, 1.165) is 50.4 Å². The Kier molecular flexibility index (Phi) is 7.22. The van der Waals surface area contributed by atoms with E-state index in [0.29, 0.717) is 36.4 Å². The fourth-order valence-corrected chi connectivity index (χ4v) is 6.24. The number of likely N-dealkylation sites (tertiary alicyclic amines) is 1. The first kappa shape index (κ1) is 26.4. The highest BCUT2D eigenvalue weighted by Gasteiger charge is 2.47. The molecular weight excluding hydrogens is 479 g/mol. The van der Waals surface area contributed by atoms with Gasteiger partial charge in [-0.3, -0.25) is 0 Å². The maximum absolute atomic E-state index is 14.1. The van der Waals surface area contributed by atoms with Crippen LogP contribution in [0.25, 0.3) is 11.3 Å². The summed E-state index contributed by atoms with van der Waals surface area (Å²) < 4.78 is 52.8. The van der Waals surface area contributed by atoms with E-state index in [2.05, 4.69) is 20.4 Å². The summed E-state index contributed by atoms with van der Waals surface area (Å²) in [5.74, 6) is 1.23. The number of alkyl halides is 3. The van der Waals surface area contributed by atoms with Crippen molar-refractivity contribution in [2.75, 3.05) is 38.7 Å². The van der Waals surface area contributed by atoms with Gasteiger partial charge in [-0.25, -0.2) is 0 Å². The van der Waals surface area contributed by atoms with Crippen LogP contribution in [0.1, 0.15) is 36.8 Å². The van der Waals surface area contributed by atoms with Crippen LogP contribution in [0.3, 0.4) is 0 Å². The summed E-state index contributed by atoms with van der Waals surface area (Å²) in [5, 5.41) is 10.3. The summed E-state index contributed by atoms with van der Waals surface area (Å²) in [6.07, 6.45) is -1.41. The van der Waals surface area contributed by atoms with Crippen LogP contribution in [0.5, 0.6) is 5.75 Å². The SMILES string of the molecule is [B]C([B])(C1CCOCC1)N1C[C@H]2CC(Nc3nnc(-c4ccc(OC)cc4C)cc3C(F)(F)F)C[C@H]2C1. The molecule has 1 aliphatic carbocycles. The van der Waals surface area contributed by atoms with Crippen molar-refractivity contribution in [2.45, 2.75) is 50.2 Å². The summed E-state index contributed by atoms with van der Waals surface area (Å²) >= 11 is 0. The Bertz CT molecular complexity index is 1110.